The molecule has 1 aromatic heterocycles. The maximum Gasteiger partial charge on any atom is 0.269 e. The van der Waals surface area contributed by atoms with E-state index in [0.29, 0.717) is 16.9 Å². The molecular weight excluding hydrogens is 344 g/mol. The third-order valence-electron chi connectivity index (χ3n) is 3.56. The van der Waals surface area contributed by atoms with Gasteiger partial charge in [0.1, 0.15) is 0 Å². The van der Waals surface area contributed by atoms with E-state index in [1.165, 1.54) is 25.1 Å². The van der Waals surface area contributed by atoms with E-state index in [1.807, 2.05) is 0 Å². The zero-order valence-electron chi connectivity index (χ0n) is 13.2. The summed E-state index contributed by atoms with van der Waals surface area (Å²) in [6, 6.07) is 12.2. The summed E-state index contributed by atoms with van der Waals surface area (Å²) in [5, 5.41) is 14.9. The Morgan fingerprint density at radius 2 is 1.92 bits per heavy atom. The summed E-state index contributed by atoms with van der Waals surface area (Å²) in [6.07, 6.45) is 3.29. The van der Waals surface area contributed by atoms with Crippen LogP contribution in [0.4, 0.5) is 11.4 Å². The monoisotopic (exact) mass is 358 g/mol. The first-order valence-electron chi connectivity index (χ1n) is 7.25. The minimum Gasteiger partial charge on any atom is -0.277 e. The fourth-order valence-electron chi connectivity index (χ4n) is 2.42. The number of benzene rings is 2. The molecule has 128 valence electrons. The average Bonchev–Trinajstić information content (AvgIpc) is 3.08. The molecule has 8 nitrogen and oxygen atoms in total. The first kappa shape index (κ1) is 16.7. The number of para-hydroxylation sites is 2. The van der Waals surface area contributed by atoms with Crippen LogP contribution in [-0.4, -0.2) is 23.1 Å². The van der Waals surface area contributed by atoms with Gasteiger partial charge in [-0.05, 0) is 36.8 Å². The third-order valence-corrected chi connectivity index (χ3v) is 5.08. The molecule has 0 saturated heterocycles. The molecule has 0 saturated carbocycles. The lowest BCUT2D eigenvalue weighted by Gasteiger charge is -2.13. The van der Waals surface area contributed by atoms with Crippen molar-refractivity contribution in [2.24, 2.45) is 0 Å². The van der Waals surface area contributed by atoms with E-state index in [-0.39, 0.29) is 10.6 Å². The quantitative estimate of drug-likeness (QED) is 0.557. The molecule has 0 aliphatic heterocycles. The minimum atomic E-state index is -3.91. The smallest absolute Gasteiger partial charge is 0.269 e. The number of nitrogens with zero attached hydrogens (tertiary/aromatic N) is 3. The molecule has 0 atom stereocenters. The van der Waals surface area contributed by atoms with Crippen LogP contribution in [0.3, 0.4) is 0 Å². The van der Waals surface area contributed by atoms with Crippen LogP contribution in [0.25, 0.3) is 5.69 Å². The topological polar surface area (TPSA) is 107 Å². The van der Waals surface area contributed by atoms with Crippen molar-refractivity contribution < 1.29 is 13.3 Å². The van der Waals surface area contributed by atoms with Gasteiger partial charge in [-0.3, -0.25) is 14.8 Å². The van der Waals surface area contributed by atoms with Gasteiger partial charge in [0, 0.05) is 24.5 Å². The molecule has 0 aliphatic rings. The Hall–Kier alpha value is -3.20. The Morgan fingerprint density at radius 3 is 2.56 bits per heavy atom. The highest BCUT2D eigenvalue weighted by atomic mass is 32.2. The van der Waals surface area contributed by atoms with E-state index in [9.17, 15) is 18.5 Å². The molecule has 3 aromatic rings. The second-order valence-corrected chi connectivity index (χ2v) is 6.93. The number of aromatic nitrogens is 2. The van der Waals surface area contributed by atoms with Gasteiger partial charge >= 0.3 is 0 Å². The zero-order valence-corrected chi connectivity index (χ0v) is 14.0. The van der Waals surface area contributed by atoms with Crippen molar-refractivity contribution in [3.05, 3.63) is 76.6 Å². The van der Waals surface area contributed by atoms with Crippen LogP contribution in [0.15, 0.2) is 65.8 Å². The van der Waals surface area contributed by atoms with Gasteiger partial charge in [0.2, 0.25) is 0 Å². The molecule has 9 heteroatoms. The SMILES string of the molecule is Cc1cc([N+](=O)[O-])ccc1S(=O)(=O)Nc1ccccc1-n1cccn1. The van der Waals surface area contributed by atoms with E-state index < -0.39 is 14.9 Å². The zero-order chi connectivity index (χ0) is 18.0. The van der Waals surface area contributed by atoms with Gasteiger partial charge in [-0.1, -0.05) is 12.1 Å². The molecule has 2 aromatic carbocycles. The second kappa shape index (κ2) is 6.36. The Labute approximate surface area is 143 Å². The maximum atomic E-state index is 12.7. The van der Waals surface area contributed by atoms with Crippen LogP contribution in [-0.2, 0) is 10.0 Å². The molecule has 25 heavy (non-hydrogen) atoms. The van der Waals surface area contributed by atoms with Crippen LogP contribution >= 0.6 is 0 Å². The lowest BCUT2D eigenvalue weighted by atomic mass is 10.2. The number of non-ortho nitro benzene ring substituents is 1. The summed E-state index contributed by atoms with van der Waals surface area (Å²) in [5.74, 6) is 0. The number of aryl methyl sites for hydroxylation is 1. The van der Waals surface area contributed by atoms with Gasteiger partial charge in [-0.25, -0.2) is 13.1 Å². The molecule has 0 amide bonds. The second-order valence-electron chi connectivity index (χ2n) is 5.28. The minimum absolute atomic E-state index is 0.0200. The Bertz CT molecular complexity index is 1030. The number of nitro benzene ring substituents is 1. The van der Waals surface area contributed by atoms with Crippen molar-refractivity contribution in [1.82, 2.24) is 9.78 Å². The summed E-state index contributed by atoms with van der Waals surface area (Å²) < 4.78 is 29.5. The van der Waals surface area contributed by atoms with Gasteiger partial charge in [0.25, 0.3) is 15.7 Å². The Morgan fingerprint density at radius 1 is 1.16 bits per heavy atom. The largest absolute Gasteiger partial charge is 0.277 e. The van der Waals surface area contributed by atoms with E-state index in [1.54, 1.807) is 47.4 Å². The first-order chi connectivity index (χ1) is 11.9. The molecule has 0 radical (unpaired) electrons. The van der Waals surface area contributed by atoms with E-state index in [0.717, 1.165) is 0 Å². The number of rotatable bonds is 5. The summed E-state index contributed by atoms with van der Waals surface area (Å²) >= 11 is 0. The van der Waals surface area contributed by atoms with Gasteiger partial charge in [-0.15, -0.1) is 0 Å². The number of anilines is 1. The molecule has 1 N–H and O–H groups in total. The van der Waals surface area contributed by atoms with E-state index >= 15 is 0 Å². The van der Waals surface area contributed by atoms with Gasteiger partial charge in [0.15, 0.2) is 0 Å². The number of nitro groups is 1. The highest BCUT2D eigenvalue weighted by Gasteiger charge is 2.21. The van der Waals surface area contributed by atoms with Crippen LogP contribution in [0.2, 0.25) is 0 Å². The summed E-state index contributed by atoms with van der Waals surface area (Å²) in [6.45, 7) is 1.51. The standard InChI is InChI=1S/C16H14N4O4S/c1-12-11-13(20(21)22)7-8-16(12)25(23,24)18-14-5-2-3-6-15(14)19-10-4-9-17-19/h2-11,18H,1H3. The molecule has 0 aliphatic carbocycles. The van der Waals surface area contributed by atoms with Crippen molar-refractivity contribution in [1.29, 1.82) is 0 Å². The van der Waals surface area contributed by atoms with Gasteiger partial charge < -0.3 is 0 Å². The fraction of sp³-hybridized carbons (Fsp3) is 0.0625. The number of hydrogen-bond donors (Lipinski definition) is 1. The predicted octanol–water partition coefficient (Wildman–Crippen LogP) is 2.89. The number of nitrogens with one attached hydrogen (secondary N) is 1. The van der Waals surface area contributed by atoms with E-state index in [2.05, 4.69) is 9.82 Å². The van der Waals surface area contributed by atoms with Crippen molar-refractivity contribution >= 4 is 21.4 Å². The van der Waals surface area contributed by atoms with Crippen LogP contribution in [0.5, 0.6) is 0 Å². The van der Waals surface area contributed by atoms with Crippen LogP contribution in [0, 0.1) is 17.0 Å². The number of sulfonamides is 1. The number of hydrogen-bond acceptors (Lipinski definition) is 5. The summed E-state index contributed by atoms with van der Waals surface area (Å²) in [4.78, 5) is 10.2. The van der Waals surface area contributed by atoms with E-state index in [4.69, 9.17) is 0 Å². The Kier molecular flexibility index (Phi) is 4.24. The molecule has 0 spiro atoms. The molecule has 1 heterocycles. The molecule has 0 fully saturated rings. The molecular formula is C16H14N4O4S. The fourth-order valence-corrected chi connectivity index (χ4v) is 3.72. The highest BCUT2D eigenvalue weighted by molar-refractivity contribution is 7.92. The highest BCUT2D eigenvalue weighted by Crippen LogP contribution is 2.26. The van der Waals surface area contributed by atoms with Crippen molar-refractivity contribution in [2.75, 3.05) is 4.72 Å². The van der Waals surface area contributed by atoms with Crippen LogP contribution < -0.4 is 4.72 Å². The third kappa shape index (κ3) is 3.36. The predicted molar refractivity (Wildman–Crippen MR) is 92.2 cm³/mol. The van der Waals surface area contributed by atoms with Gasteiger partial charge in [0.05, 0.1) is 21.2 Å². The molecule has 0 unspecified atom stereocenters. The first-order valence-corrected chi connectivity index (χ1v) is 8.74. The summed E-state index contributed by atoms with van der Waals surface area (Å²) in [5.41, 5.74) is 1.05. The Balaban J connectivity index is 2.00. The lowest BCUT2D eigenvalue weighted by Crippen LogP contribution is -2.16. The van der Waals surface area contributed by atoms with Crippen LogP contribution in [0.1, 0.15) is 5.56 Å². The normalized spacial score (nSPS) is 11.2. The average molecular weight is 358 g/mol. The maximum absolute atomic E-state index is 12.7. The van der Waals surface area contributed by atoms with Crippen molar-refractivity contribution in [2.45, 2.75) is 11.8 Å². The molecule has 3 rings (SSSR count). The summed E-state index contributed by atoms with van der Waals surface area (Å²) in [7, 11) is -3.91. The van der Waals surface area contributed by atoms with Crippen molar-refractivity contribution in [3.8, 4) is 5.69 Å². The lowest BCUT2D eigenvalue weighted by molar-refractivity contribution is -0.385. The van der Waals surface area contributed by atoms with Crippen molar-refractivity contribution in [3.63, 3.8) is 0 Å². The van der Waals surface area contributed by atoms with Gasteiger partial charge in [-0.2, -0.15) is 5.10 Å². The molecule has 0 bridgehead atoms.